The third-order valence-electron chi connectivity index (χ3n) is 2.52. The number of hydrogen-bond acceptors (Lipinski definition) is 3. The van der Waals surface area contributed by atoms with Crippen LogP contribution in [0.1, 0.15) is 5.56 Å². The molecule has 0 unspecified atom stereocenters. The van der Waals surface area contributed by atoms with E-state index in [1.54, 1.807) is 12.1 Å². The molecule has 0 bridgehead atoms. The van der Waals surface area contributed by atoms with Crippen LogP contribution in [0.5, 0.6) is 5.88 Å². The van der Waals surface area contributed by atoms with Gasteiger partial charge in [0.2, 0.25) is 5.88 Å². The lowest BCUT2D eigenvalue weighted by molar-refractivity contribution is 0.398. The third kappa shape index (κ3) is 3.15. The lowest BCUT2D eigenvalue weighted by atomic mass is 10.2. The van der Waals surface area contributed by atoms with Crippen molar-refractivity contribution < 1.29 is 17.9 Å². The molecule has 1 aromatic carbocycles. The van der Waals surface area contributed by atoms with E-state index in [9.17, 15) is 13.2 Å². The van der Waals surface area contributed by atoms with Gasteiger partial charge in [-0.3, -0.25) is 0 Å². The van der Waals surface area contributed by atoms with Crippen LogP contribution in [0.3, 0.4) is 0 Å². The molecule has 0 atom stereocenters. The zero-order chi connectivity index (χ0) is 13.8. The number of halogens is 3. The van der Waals surface area contributed by atoms with Crippen LogP contribution >= 0.6 is 0 Å². The maximum Gasteiger partial charge on any atom is 0.213 e. The number of benzene rings is 1. The Bertz CT molecular complexity index is 573. The van der Waals surface area contributed by atoms with Crippen molar-refractivity contribution >= 4 is 5.69 Å². The van der Waals surface area contributed by atoms with E-state index in [0.717, 1.165) is 6.07 Å². The minimum absolute atomic E-state index is 0.0248. The molecule has 0 aliphatic carbocycles. The Morgan fingerprint density at radius 2 is 1.84 bits per heavy atom. The first-order valence-electron chi connectivity index (χ1n) is 5.47. The summed E-state index contributed by atoms with van der Waals surface area (Å²) in [6, 6.07) is 4.67. The zero-order valence-electron chi connectivity index (χ0n) is 10.1. The van der Waals surface area contributed by atoms with Crippen LogP contribution in [0.2, 0.25) is 0 Å². The number of nitrogens with zero attached hydrogens (tertiary/aromatic N) is 1. The second-order valence-corrected chi connectivity index (χ2v) is 3.80. The number of nitrogens with one attached hydrogen (secondary N) is 1. The van der Waals surface area contributed by atoms with Gasteiger partial charge >= 0.3 is 0 Å². The monoisotopic (exact) mass is 268 g/mol. The Balaban J connectivity index is 2.07. The summed E-state index contributed by atoms with van der Waals surface area (Å²) in [6.07, 6.45) is 1.50. The molecule has 1 heterocycles. The van der Waals surface area contributed by atoms with Crippen molar-refractivity contribution in [1.29, 1.82) is 0 Å². The maximum atomic E-state index is 13.4. The summed E-state index contributed by atoms with van der Waals surface area (Å²) in [4.78, 5) is 3.95. The van der Waals surface area contributed by atoms with Crippen LogP contribution in [0, 0.1) is 17.5 Å². The van der Waals surface area contributed by atoms with Crippen molar-refractivity contribution in [2.75, 3.05) is 12.4 Å². The Morgan fingerprint density at radius 1 is 1.11 bits per heavy atom. The maximum absolute atomic E-state index is 13.4. The van der Waals surface area contributed by atoms with Crippen LogP contribution in [0.15, 0.2) is 30.5 Å². The predicted molar refractivity (Wildman–Crippen MR) is 64.4 cm³/mol. The standard InChI is InChI=1S/C13H11F3N2O/c1-19-13-3-2-9(7-18-13)17-6-8-4-11(15)12(16)5-10(8)14/h2-5,7,17H,6H2,1H3. The van der Waals surface area contributed by atoms with Crippen LogP contribution in [-0.4, -0.2) is 12.1 Å². The molecule has 0 saturated carbocycles. The van der Waals surface area contributed by atoms with Gasteiger partial charge in [0.15, 0.2) is 11.6 Å². The van der Waals surface area contributed by atoms with E-state index >= 15 is 0 Å². The van der Waals surface area contributed by atoms with E-state index in [-0.39, 0.29) is 12.1 Å². The van der Waals surface area contributed by atoms with Gasteiger partial charge in [-0.2, -0.15) is 0 Å². The molecule has 0 fully saturated rings. The average molecular weight is 268 g/mol. The summed E-state index contributed by atoms with van der Waals surface area (Å²) in [5, 5.41) is 2.85. The fraction of sp³-hybridized carbons (Fsp3) is 0.154. The van der Waals surface area contributed by atoms with Crippen LogP contribution in [0.4, 0.5) is 18.9 Å². The van der Waals surface area contributed by atoms with Crippen molar-refractivity contribution in [1.82, 2.24) is 4.98 Å². The van der Waals surface area contributed by atoms with E-state index in [1.807, 2.05) is 0 Å². The van der Waals surface area contributed by atoms with Crippen molar-refractivity contribution in [2.24, 2.45) is 0 Å². The average Bonchev–Trinajstić information content (AvgIpc) is 2.42. The van der Waals surface area contributed by atoms with Crippen LogP contribution in [-0.2, 0) is 6.54 Å². The predicted octanol–water partition coefficient (Wildman–Crippen LogP) is 3.12. The molecule has 1 N–H and O–H groups in total. The Labute approximate surface area is 108 Å². The molecule has 0 spiro atoms. The summed E-state index contributed by atoms with van der Waals surface area (Å²) in [5.41, 5.74) is 0.652. The third-order valence-corrected chi connectivity index (χ3v) is 2.52. The quantitative estimate of drug-likeness (QED) is 0.865. The largest absolute Gasteiger partial charge is 0.481 e. The van der Waals surface area contributed by atoms with Crippen molar-refractivity contribution in [3.05, 3.63) is 53.5 Å². The molecular weight excluding hydrogens is 257 g/mol. The van der Waals surface area contributed by atoms with E-state index in [0.29, 0.717) is 17.6 Å². The molecule has 2 aromatic rings. The highest BCUT2D eigenvalue weighted by molar-refractivity contribution is 5.42. The van der Waals surface area contributed by atoms with Gasteiger partial charge < -0.3 is 10.1 Å². The summed E-state index contributed by atoms with van der Waals surface area (Å²) >= 11 is 0. The zero-order valence-corrected chi connectivity index (χ0v) is 10.1. The second kappa shape index (κ2) is 5.60. The highest BCUT2D eigenvalue weighted by Crippen LogP contribution is 2.16. The Hall–Kier alpha value is -2.24. The molecule has 3 nitrogen and oxygen atoms in total. The second-order valence-electron chi connectivity index (χ2n) is 3.80. The van der Waals surface area contributed by atoms with Gasteiger partial charge in [0.05, 0.1) is 19.0 Å². The molecule has 0 amide bonds. The van der Waals surface area contributed by atoms with Gasteiger partial charge in [-0.1, -0.05) is 0 Å². The highest BCUT2D eigenvalue weighted by Gasteiger charge is 2.09. The fourth-order valence-corrected chi connectivity index (χ4v) is 1.50. The molecule has 2 rings (SSSR count). The van der Waals surface area contributed by atoms with Crippen LogP contribution < -0.4 is 10.1 Å². The summed E-state index contributed by atoms with van der Waals surface area (Å²) in [6.45, 7) is 0.0248. The summed E-state index contributed by atoms with van der Waals surface area (Å²) < 4.78 is 44.0. The van der Waals surface area contributed by atoms with Crippen molar-refractivity contribution in [3.8, 4) is 5.88 Å². The number of anilines is 1. The minimum atomic E-state index is -1.20. The minimum Gasteiger partial charge on any atom is -0.481 e. The van der Waals surface area contributed by atoms with Gasteiger partial charge in [-0.25, -0.2) is 18.2 Å². The molecule has 0 aliphatic heterocycles. The number of aromatic nitrogens is 1. The molecule has 6 heteroatoms. The number of hydrogen-bond donors (Lipinski definition) is 1. The van der Waals surface area contributed by atoms with Crippen molar-refractivity contribution in [3.63, 3.8) is 0 Å². The topological polar surface area (TPSA) is 34.1 Å². The highest BCUT2D eigenvalue weighted by atomic mass is 19.2. The number of pyridine rings is 1. The first kappa shape index (κ1) is 13.2. The lowest BCUT2D eigenvalue weighted by Gasteiger charge is -2.08. The summed E-state index contributed by atoms with van der Waals surface area (Å²) in [5.74, 6) is -2.63. The fourth-order valence-electron chi connectivity index (χ4n) is 1.50. The lowest BCUT2D eigenvalue weighted by Crippen LogP contribution is -2.04. The molecule has 100 valence electrons. The molecule has 1 aromatic heterocycles. The SMILES string of the molecule is COc1ccc(NCc2cc(F)c(F)cc2F)cn1. The summed E-state index contributed by atoms with van der Waals surface area (Å²) in [7, 11) is 1.49. The first-order chi connectivity index (χ1) is 9.10. The van der Waals surface area contributed by atoms with Gasteiger partial charge in [0.25, 0.3) is 0 Å². The molecule has 0 radical (unpaired) electrons. The smallest absolute Gasteiger partial charge is 0.213 e. The van der Waals surface area contributed by atoms with E-state index in [1.165, 1.54) is 13.3 Å². The van der Waals surface area contributed by atoms with Gasteiger partial charge in [-0.05, 0) is 12.1 Å². The van der Waals surface area contributed by atoms with Gasteiger partial charge in [0, 0.05) is 24.2 Å². The number of rotatable bonds is 4. The number of ether oxygens (including phenoxy) is 1. The normalized spacial score (nSPS) is 10.3. The molecular formula is C13H11F3N2O. The van der Waals surface area contributed by atoms with Gasteiger partial charge in [0.1, 0.15) is 5.82 Å². The van der Waals surface area contributed by atoms with Crippen LogP contribution in [0.25, 0.3) is 0 Å². The van der Waals surface area contributed by atoms with Crippen molar-refractivity contribution in [2.45, 2.75) is 6.54 Å². The number of methoxy groups -OCH3 is 1. The van der Waals surface area contributed by atoms with E-state index in [2.05, 4.69) is 10.3 Å². The molecule has 0 saturated heterocycles. The Kier molecular flexibility index (Phi) is 3.89. The first-order valence-corrected chi connectivity index (χ1v) is 5.47. The molecule has 0 aliphatic rings. The Morgan fingerprint density at radius 3 is 2.47 bits per heavy atom. The van der Waals surface area contributed by atoms with E-state index in [4.69, 9.17) is 4.74 Å². The van der Waals surface area contributed by atoms with E-state index < -0.39 is 17.5 Å². The molecule has 19 heavy (non-hydrogen) atoms. The van der Waals surface area contributed by atoms with Gasteiger partial charge in [-0.15, -0.1) is 0 Å².